The first-order valence-electron chi connectivity index (χ1n) is 7.56. The molecule has 134 valence electrons. The molecule has 3 rings (SSSR count). The third kappa shape index (κ3) is 2.88. The average Bonchev–Trinajstić information content (AvgIpc) is 2.64. The molecule has 1 atom stereocenters. The Bertz CT molecular complexity index is 1040. The number of aryl methyl sites for hydroxylation is 1. The minimum absolute atomic E-state index is 0.226. The van der Waals surface area contributed by atoms with Crippen molar-refractivity contribution in [2.45, 2.75) is 10.8 Å². The van der Waals surface area contributed by atoms with Crippen LogP contribution in [0.3, 0.4) is 0 Å². The monoisotopic (exact) mass is 373 g/mol. The molecule has 1 amide bonds. The highest BCUT2D eigenvalue weighted by atomic mass is 32.2. The van der Waals surface area contributed by atoms with Gasteiger partial charge < -0.3 is 0 Å². The van der Waals surface area contributed by atoms with Crippen LogP contribution < -0.4 is 11.2 Å². The number of rotatable bonds is 3. The van der Waals surface area contributed by atoms with E-state index in [1.54, 1.807) is 24.3 Å². The van der Waals surface area contributed by atoms with Crippen LogP contribution in [0.25, 0.3) is 5.69 Å². The first kappa shape index (κ1) is 17.8. The zero-order chi connectivity index (χ0) is 19.0. The molecule has 0 fully saturated rings. The molecule has 0 radical (unpaired) electrons. The normalized spacial score (nSPS) is 17.0. The molecule has 9 nitrogen and oxygen atoms in total. The number of hydrogen-bond acceptors (Lipinski definition) is 7. The summed E-state index contributed by atoms with van der Waals surface area (Å²) in [5.74, 6) is -2.90. The lowest BCUT2D eigenvalue weighted by molar-refractivity contribution is -0.144. The molecule has 1 aliphatic heterocycles. The average molecular weight is 373 g/mol. The van der Waals surface area contributed by atoms with Crippen LogP contribution in [0, 0.1) is 0 Å². The quantitative estimate of drug-likeness (QED) is 0.543. The van der Waals surface area contributed by atoms with Crippen molar-refractivity contribution in [1.82, 2.24) is 19.4 Å². The van der Waals surface area contributed by atoms with Crippen LogP contribution in [-0.2, 0) is 16.6 Å². The van der Waals surface area contributed by atoms with Crippen LogP contribution in [0.4, 0.5) is 0 Å². The predicted octanol–water partition coefficient (Wildman–Crippen LogP) is -0.236. The molecule has 1 aromatic carbocycles. The summed E-state index contributed by atoms with van der Waals surface area (Å²) < 4.78 is 1.89. The number of amides is 1. The topological polar surface area (TPSA) is 107 Å². The maximum absolute atomic E-state index is 12.9. The predicted molar refractivity (Wildman–Crippen MR) is 95.9 cm³/mol. The van der Waals surface area contributed by atoms with Gasteiger partial charge in [-0.1, -0.05) is 0 Å². The number of nitrogens with zero attached hydrogens (tertiary/aromatic N) is 5. The number of thioether (sulfide) groups is 1. The van der Waals surface area contributed by atoms with Crippen molar-refractivity contribution >= 4 is 29.7 Å². The number of likely N-dealkylation sites (N-methyl/N-ethyl adjacent to an activating group) is 1. The van der Waals surface area contributed by atoms with Crippen LogP contribution >= 0.6 is 11.8 Å². The van der Waals surface area contributed by atoms with Gasteiger partial charge in [-0.25, -0.2) is 19.1 Å². The van der Waals surface area contributed by atoms with Gasteiger partial charge >= 0.3 is 11.6 Å². The fraction of sp³-hybridized carbons (Fsp3) is 0.250. The maximum Gasteiger partial charge on any atom is 0.351 e. The summed E-state index contributed by atoms with van der Waals surface area (Å²) in [6, 6.07) is 6.82. The van der Waals surface area contributed by atoms with E-state index in [0.717, 1.165) is 19.2 Å². The van der Waals surface area contributed by atoms with E-state index in [4.69, 9.17) is 0 Å². The van der Waals surface area contributed by atoms with E-state index in [2.05, 4.69) is 10.2 Å². The van der Waals surface area contributed by atoms with Crippen LogP contribution in [0.1, 0.15) is 11.6 Å². The smallest absolute Gasteiger partial charge is 0.287 e. The number of aromatic nitrogens is 3. The Hall–Kier alpha value is -3.01. The summed E-state index contributed by atoms with van der Waals surface area (Å²) in [6.45, 7) is 0. The third-order valence-corrected chi connectivity index (χ3v) is 4.69. The second kappa shape index (κ2) is 6.71. The number of hydrogen-bond donors (Lipinski definition) is 0. The summed E-state index contributed by atoms with van der Waals surface area (Å²) in [6.07, 6.45) is 3.09. The highest BCUT2D eigenvalue weighted by Gasteiger charge is 2.35. The van der Waals surface area contributed by atoms with E-state index in [-0.39, 0.29) is 5.69 Å². The Morgan fingerprint density at radius 3 is 2.31 bits per heavy atom. The fourth-order valence-electron chi connectivity index (χ4n) is 2.52. The molecular formula is C16H15N5O4S. The lowest BCUT2D eigenvalue weighted by atomic mass is 10.00. The molecule has 2 heterocycles. The van der Waals surface area contributed by atoms with E-state index in [9.17, 15) is 19.2 Å². The van der Waals surface area contributed by atoms with Gasteiger partial charge in [0.15, 0.2) is 0 Å². The number of ketones is 1. The van der Waals surface area contributed by atoms with Gasteiger partial charge in [-0.2, -0.15) is 10.2 Å². The fourth-order valence-corrected chi connectivity index (χ4v) is 2.93. The standard InChI is InChI=1S/C16H15N5O4S/c1-19-15(24)13(22)11(8-17-19)12-14(23)21(16(25)20(2)18-12)9-4-6-10(26-3)7-5-9/h4-8,11H,1-3H3. The Labute approximate surface area is 151 Å². The minimum Gasteiger partial charge on any atom is -0.287 e. The lowest BCUT2D eigenvalue weighted by Gasteiger charge is -2.20. The summed E-state index contributed by atoms with van der Waals surface area (Å²) in [5, 5.41) is 8.60. The van der Waals surface area contributed by atoms with Crippen molar-refractivity contribution in [2.75, 3.05) is 13.3 Å². The Morgan fingerprint density at radius 1 is 1.04 bits per heavy atom. The number of carbonyl (C=O) groups is 2. The SMILES string of the molecule is CSc1ccc(-n2c(=O)c(C3C=NN(C)C(=O)C3=O)nn(C)c2=O)cc1. The molecule has 0 spiro atoms. The van der Waals surface area contributed by atoms with Gasteiger partial charge in [0, 0.05) is 25.2 Å². The van der Waals surface area contributed by atoms with E-state index in [0.29, 0.717) is 5.69 Å². The van der Waals surface area contributed by atoms with Crippen LogP contribution in [0.15, 0.2) is 43.9 Å². The number of Topliss-reactive ketones (excluding diaryl/α,β-unsaturated/α-hetero) is 1. The van der Waals surface area contributed by atoms with E-state index >= 15 is 0 Å². The van der Waals surface area contributed by atoms with Gasteiger partial charge in [-0.05, 0) is 30.5 Å². The van der Waals surface area contributed by atoms with E-state index in [1.807, 2.05) is 6.26 Å². The van der Waals surface area contributed by atoms with Gasteiger partial charge in [-0.3, -0.25) is 14.4 Å². The first-order chi connectivity index (χ1) is 12.3. The van der Waals surface area contributed by atoms with Gasteiger partial charge in [0.25, 0.3) is 5.56 Å². The van der Waals surface area contributed by atoms with Gasteiger partial charge in [0.2, 0.25) is 5.78 Å². The molecule has 26 heavy (non-hydrogen) atoms. The van der Waals surface area contributed by atoms with Crippen molar-refractivity contribution < 1.29 is 9.59 Å². The molecule has 0 saturated heterocycles. The molecule has 0 saturated carbocycles. The lowest BCUT2D eigenvalue weighted by Crippen LogP contribution is -2.46. The van der Waals surface area contributed by atoms with Gasteiger partial charge in [0.1, 0.15) is 11.6 Å². The Balaban J connectivity index is 2.21. The summed E-state index contributed by atoms with van der Waals surface area (Å²) in [5.41, 5.74) is -1.29. The van der Waals surface area contributed by atoms with Crippen molar-refractivity contribution in [3.05, 3.63) is 50.8 Å². The van der Waals surface area contributed by atoms with Crippen molar-refractivity contribution in [3.63, 3.8) is 0 Å². The van der Waals surface area contributed by atoms with Crippen molar-refractivity contribution in [1.29, 1.82) is 0 Å². The number of carbonyl (C=O) groups excluding carboxylic acids is 2. The Morgan fingerprint density at radius 2 is 1.69 bits per heavy atom. The zero-order valence-electron chi connectivity index (χ0n) is 14.2. The first-order valence-corrected chi connectivity index (χ1v) is 8.78. The molecule has 0 bridgehead atoms. The van der Waals surface area contributed by atoms with Gasteiger partial charge in [-0.15, -0.1) is 11.8 Å². The third-order valence-electron chi connectivity index (χ3n) is 3.95. The largest absolute Gasteiger partial charge is 0.351 e. The molecular weight excluding hydrogens is 358 g/mol. The van der Waals surface area contributed by atoms with Crippen LogP contribution in [-0.4, -0.2) is 50.6 Å². The summed E-state index contributed by atoms with van der Waals surface area (Å²) in [4.78, 5) is 50.4. The maximum atomic E-state index is 12.9. The van der Waals surface area contributed by atoms with Crippen molar-refractivity contribution in [3.8, 4) is 5.69 Å². The van der Waals surface area contributed by atoms with Crippen LogP contribution in [0.2, 0.25) is 0 Å². The Kier molecular flexibility index (Phi) is 4.60. The van der Waals surface area contributed by atoms with Crippen molar-refractivity contribution in [2.24, 2.45) is 12.1 Å². The van der Waals surface area contributed by atoms with Crippen LogP contribution in [0.5, 0.6) is 0 Å². The number of benzene rings is 1. The molecule has 10 heteroatoms. The highest BCUT2D eigenvalue weighted by molar-refractivity contribution is 7.98. The molecule has 2 aromatic rings. The molecule has 1 aromatic heterocycles. The second-order valence-corrected chi connectivity index (χ2v) is 6.44. The van der Waals surface area contributed by atoms with E-state index in [1.165, 1.54) is 32.1 Å². The highest BCUT2D eigenvalue weighted by Crippen LogP contribution is 2.17. The van der Waals surface area contributed by atoms with E-state index < -0.39 is 28.9 Å². The minimum atomic E-state index is -1.23. The second-order valence-electron chi connectivity index (χ2n) is 5.57. The number of hydrazone groups is 1. The molecule has 0 aliphatic carbocycles. The summed E-state index contributed by atoms with van der Waals surface area (Å²) in [7, 11) is 2.71. The zero-order valence-corrected chi connectivity index (χ0v) is 15.1. The molecule has 0 N–H and O–H groups in total. The molecule has 1 unspecified atom stereocenters. The summed E-state index contributed by atoms with van der Waals surface area (Å²) >= 11 is 1.52. The molecule has 1 aliphatic rings. The van der Waals surface area contributed by atoms with Gasteiger partial charge in [0.05, 0.1) is 5.69 Å².